The third kappa shape index (κ3) is 7.07. The standard InChI is InChI=1S/C24H22F3N9O6S3/c1-2-7-35-23(31-33-34-35)45-9-11-8-43-19-15(18(38)36(19)16(11)20(39)40)29-17(37)14(32-42-12-5-3-4-6-12)13-10-44-22(28-13)30-21(41)24(25,26)27/h1,10,12,15,19H,3-9H2,(H,29,37)(H,39,40)(H,28,30,41)/b32-14+. The SMILES string of the molecule is C#CCn1nnnc1SCC1=C(C(=O)O)N2C(=O)C(NC(=O)/C(=N/OC3CCCC3)c3csc(NC(=O)C(F)(F)F)n3)C2SC1. The van der Waals surface area contributed by atoms with Gasteiger partial charge >= 0.3 is 18.1 Å². The number of rotatable bonds is 11. The fraction of sp³-hybridized carbons (Fsp3) is 0.458. The van der Waals surface area contributed by atoms with Gasteiger partial charge in [0, 0.05) is 16.9 Å². The van der Waals surface area contributed by atoms with Crippen LogP contribution in [0, 0.1) is 12.3 Å². The van der Waals surface area contributed by atoms with Gasteiger partial charge < -0.3 is 15.3 Å². The van der Waals surface area contributed by atoms with Crippen molar-refractivity contribution in [2.24, 2.45) is 5.16 Å². The number of oxime groups is 1. The minimum absolute atomic E-state index is 0.115. The number of thiazole rings is 1. The number of terminal acetylenes is 1. The van der Waals surface area contributed by atoms with Gasteiger partial charge in [0.2, 0.25) is 5.16 Å². The lowest BCUT2D eigenvalue weighted by Crippen LogP contribution is -2.71. The van der Waals surface area contributed by atoms with Gasteiger partial charge in [0.05, 0.1) is 0 Å². The highest BCUT2D eigenvalue weighted by Crippen LogP contribution is 2.41. The van der Waals surface area contributed by atoms with Gasteiger partial charge in [-0.25, -0.2) is 14.5 Å². The zero-order chi connectivity index (χ0) is 32.3. The number of halogens is 3. The Morgan fingerprint density at radius 1 is 1.29 bits per heavy atom. The number of fused-ring (bicyclic) bond motifs is 1. The van der Waals surface area contributed by atoms with Crippen LogP contribution in [0.2, 0.25) is 0 Å². The summed E-state index contributed by atoms with van der Waals surface area (Å²) in [7, 11) is 0. The van der Waals surface area contributed by atoms with Crippen molar-refractivity contribution in [3.63, 3.8) is 0 Å². The van der Waals surface area contributed by atoms with Crippen LogP contribution in [0.15, 0.2) is 27.0 Å². The first-order valence-electron chi connectivity index (χ1n) is 13.1. The van der Waals surface area contributed by atoms with Crippen LogP contribution in [0.1, 0.15) is 31.4 Å². The Kier molecular flexibility index (Phi) is 9.64. The molecule has 15 nitrogen and oxygen atoms in total. The maximum Gasteiger partial charge on any atom is 0.471 e. The Balaban J connectivity index is 1.31. The molecule has 0 radical (unpaired) electrons. The van der Waals surface area contributed by atoms with Crippen LogP contribution in [0.5, 0.6) is 0 Å². The molecule has 2 fully saturated rings. The molecule has 5 rings (SSSR count). The van der Waals surface area contributed by atoms with E-state index in [4.69, 9.17) is 11.3 Å². The molecule has 2 aromatic heterocycles. The number of hydrogen-bond donors (Lipinski definition) is 3. The van der Waals surface area contributed by atoms with Crippen LogP contribution < -0.4 is 10.6 Å². The van der Waals surface area contributed by atoms with Crippen molar-refractivity contribution >= 4 is 69.4 Å². The first kappa shape index (κ1) is 32.2. The summed E-state index contributed by atoms with van der Waals surface area (Å²) in [5.41, 5.74) is -0.398. The Bertz CT molecular complexity index is 1610. The molecule has 4 heterocycles. The number of β-lactam (4-membered cyclic amide) rings is 1. The normalized spacial score (nSPS) is 20.4. The molecular formula is C24H22F3N9O6S3. The van der Waals surface area contributed by atoms with Gasteiger partial charge in [-0.3, -0.25) is 24.6 Å². The van der Waals surface area contributed by atoms with E-state index in [1.54, 1.807) is 5.32 Å². The molecule has 1 aliphatic carbocycles. The number of alkyl halides is 3. The van der Waals surface area contributed by atoms with Crippen molar-refractivity contribution in [3.8, 4) is 12.3 Å². The number of thioether (sulfide) groups is 2. The summed E-state index contributed by atoms with van der Waals surface area (Å²) in [6.07, 6.45) is 3.01. The number of carboxylic acid groups (broad SMARTS) is 1. The van der Waals surface area contributed by atoms with Gasteiger partial charge in [-0.15, -0.1) is 34.6 Å². The van der Waals surface area contributed by atoms with E-state index >= 15 is 0 Å². The van der Waals surface area contributed by atoms with Gasteiger partial charge in [0.15, 0.2) is 10.8 Å². The highest BCUT2D eigenvalue weighted by atomic mass is 32.2. The Labute approximate surface area is 264 Å². The first-order chi connectivity index (χ1) is 21.5. The van der Waals surface area contributed by atoms with Crippen LogP contribution in [-0.4, -0.2) is 99.8 Å². The lowest BCUT2D eigenvalue weighted by molar-refractivity contribution is -0.167. The molecule has 21 heteroatoms. The van der Waals surface area contributed by atoms with Gasteiger partial charge in [0.1, 0.15) is 35.5 Å². The summed E-state index contributed by atoms with van der Waals surface area (Å²) >= 11 is 3.01. The van der Waals surface area contributed by atoms with Gasteiger partial charge in [0.25, 0.3) is 11.8 Å². The predicted molar refractivity (Wildman–Crippen MR) is 154 cm³/mol. The number of tetrazole rings is 1. The van der Waals surface area contributed by atoms with Crippen molar-refractivity contribution in [3.05, 3.63) is 22.3 Å². The van der Waals surface area contributed by atoms with Crippen molar-refractivity contribution in [2.45, 2.75) is 61.1 Å². The summed E-state index contributed by atoms with van der Waals surface area (Å²) in [4.78, 5) is 60.6. The minimum Gasteiger partial charge on any atom is -0.477 e. The molecule has 2 aromatic rings. The molecule has 45 heavy (non-hydrogen) atoms. The maximum atomic E-state index is 13.4. The monoisotopic (exact) mass is 685 g/mol. The number of carbonyl (C=O) groups is 4. The molecule has 0 spiro atoms. The second kappa shape index (κ2) is 13.5. The fourth-order valence-corrected chi connectivity index (χ4v) is 7.63. The van der Waals surface area contributed by atoms with Crippen molar-refractivity contribution in [2.75, 3.05) is 16.8 Å². The third-order valence-corrected chi connectivity index (χ3v) is 9.83. The molecule has 238 valence electrons. The highest BCUT2D eigenvalue weighted by Gasteiger charge is 2.54. The van der Waals surface area contributed by atoms with E-state index in [-0.39, 0.29) is 35.5 Å². The smallest absolute Gasteiger partial charge is 0.471 e. The van der Waals surface area contributed by atoms with Crippen LogP contribution in [0.4, 0.5) is 18.3 Å². The van der Waals surface area contributed by atoms with E-state index in [9.17, 15) is 37.5 Å². The largest absolute Gasteiger partial charge is 0.477 e. The zero-order valence-corrected chi connectivity index (χ0v) is 25.3. The second-order valence-electron chi connectivity index (χ2n) is 9.67. The summed E-state index contributed by atoms with van der Waals surface area (Å²) in [5.74, 6) is -2.41. The van der Waals surface area contributed by atoms with E-state index in [1.165, 1.54) is 21.8 Å². The van der Waals surface area contributed by atoms with E-state index in [2.05, 4.69) is 36.9 Å². The molecule has 3 amide bonds. The van der Waals surface area contributed by atoms with E-state index < -0.39 is 52.1 Å². The Morgan fingerprint density at radius 3 is 2.73 bits per heavy atom. The number of carboxylic acids is 1. The van der Waals surface area contributed by atoms with Crippen LogP contribution in [0.3, 0.4) is 0 Å². The average Bonchev–Trinajstić information content (AvgIpc) is 3.77. The zero-order valence-electron chi connectivity index (χ0n) is 22.8. The number of aliphatic carboxylic acids is 1. The predicted octanol–water partition coefficient (Wildman–Crippen LogP) is 1.46. The molecule has 3 N–H and O–H groups in total. The molecule has 2 atom stereocenters. The Hall–Kier alpha value is -4.16. The molecule has 0 aromatic carbocycles. The number of nitrogens with one attached hydrogen (secondary N) is 2. The molecule has 3 aliphatic rings. The quantitative estimate of drug-likeness (QED) is 0.102. The number of amides is 3. The number of nitrogens with zero attached hydrogens (tertiary/aromatic N) is 7. The van der Waals surface area contributed by atoms with Crippen LogP contribution in [0.25, 0.3) is 0 Å². The number of carbonyl (C=O) groups excluding carboxylic acids is 3. The lowest BCUT2D eigenvalue weighted by Gasteiger charge is -2.49. The molecule has 0 bridgehead atoms. The molecular weight excluding hydrogens is 664 g/mol. The summed E-state index contributed by atoms with van der Waals surface area (Å²) in [6.45, 7) is 0.115. The number of aromatic nitrogens is 5. The molecule has 1 saturated heterocycles. The number of anilines is 1. The summed E-state index contributed by atoms with van der Waals surface area (Å²) in [6, 6.07) is -1.14. The van der Waals surface area contributed by atoms with Gasteiger partial charge in [-0.2, -0.15) is 13.2 Å². The minimum atomic E-state index is -5.15. The maximum absolute atomic E-state index is 13.4. The van der Waals surface area contributed by atoms with Crippen molar-refractivity contribution in [1.29, 1.82) is 0 Å². The molecule has 2 unspecified atom stereocenters. The highest BCUT2D eigenvalue weighted by molar-refractivity contribution is 8.01. The molecule has 2 aliphatic heterocycles. The van der Waals surface area contributed by atoms with E-state index in [0.717, 1.165) is 29.5 Å². The number of hydrogen-bond acceptors (Lipinski definition) is 13. The third-order valence-electron chi connectivity index (χ3n) is 6.69. The Morgan fingerprint density at radius 2 is 2.04 bits per heavy atom. The van der Waals surface area contributed by atoms with E-state index in [0.29, 0.717) is 34.9 Å². The molecule has 1 saturated carbocycles. The topological polar surface area (TPSA) is 194 Å². The van der Waals surface area contributed by atoms with Gasteiger partial charge in [-0.1, -0.05) is 22.8 Å². The summed E-state index contributed by atoms with van der Waals surface area (Å²) in [5, 5.41) is 29.6. The van der Waals surface area contributed by atoms with Crippen molar-refractivity contribution in [1.82, 2.24) is 35.4 Å². The summed E-state index contributed by atoms with van der Waals surface area (Å²) < 4.78 is 39.5. The lowest BCUT2D eigenvalue weighted by atomic mass is 10.0. The van der Waals surface area contributed by atoms with Crippen LogP contribution >= 0.6 is 34.9 Å². The average molecular weight is 686 g/mol. The van der Waals surface area contributed by atoms with Crippen LogP contribution in [-0.2, 0) is 30.6 Å². The van der Waals surface area contributed by atoms with Crippen molar-refractivity contribution < 1.29 is 42.3 Å². The first-order valence-corrected chi connectivity index (χ1v) is 16.0. The van der Waals surface area contributed by atoms with Gasteiger partial charge in [-0.05, 0) is 41.7 Å². The fourth-order valence-electron chi connectivity index (χ4n) is 4.57. The second-order valence-corrected chi connectivity index (χ2v) is 12.6. The van der Waals surface area contributed by atoms with E-state index in [1.807, 2.05) is 0 Å².